The van der Waals surface area contributed by atoms with Gasteiger partial charge in [-0.05, 0) is 6.42 Å². The van der Waals surface area contributed by atoms with Gasteiger partial charge < -0.3 is 5.32 Å². The van der Waals surface area contributed by atoms with Crippen LogP contribution in [0.2, 0.25) is 0 Å². The predicted molar refractivity (Wildman–Crippen MR) is 43.4 cm³/mol. The molecule has 0 radical (unpaired) electrons. The standard InChI is InChI=1S/C5H9IN2O/c6-3-8-4-1-2-7-5(4)9/h4,8H,1-3H2,(H,7,9). The minimum atomic E-state index is 0.0712. The number of alkyl halides is 1. The van der Waals surface area contributed by atoms with Crippen LogP contribution in [0, 0.1) is 0 Å². The third kappa shape index (κ3) is 1.79. The summed E-state index contributed by atoms with van der Waals surface area (Å²) in [6.07, 6.45) is 0.932. The molecule has 1 amide bonds. The average molecular weight is 240 g/mol. The molecular weight excluding hydrogens is 231 g/mol. The molecule has 1 heterocycles. The molecule has 9 heavy (non-hydrogen) atoms. The molecule has 1 unspecified atom stereocenters. The smallest absolute Gasteiger partial charge is 0.237 e. The summed E-state index contributed by atoms with van der Waals surface area (Å²) in [5, 5.41) is 5.82. The Morgan fingerprint density at radius 2 is 2.67 bits per heavy atom. The van der Waals surface area contributed by atoms with Gasteiger partial charge in [0, 0.05) is 11.1 Å². The van der Waals surface area contributed by atoms with Crippen molar-refractivity contribution in [3.8, 4) is 0 Å². The summed E-state index contributed by atoms with van der Waals surface area (Å²) in [6, 6.07) is 0.0712. The molecule has 1 aliphatic rings. The fourth-order valence-electron chi connectivity index (χ4n) is 0.882. The third-order valence-electron chi connectivity index (χ3n) is 1.37. The Balaban J connectivity index is 2.31. The van der Waals surface area contributed by atoms with Gasteiger partial charge in [0.1, 0.15) is 0 Å². The number of hydrogen-bond donors (Lipinski definition) is 2. The summed E-state index contributed by atoms with van der Waals surface area (Å²) in [4.78, 5) is 10.8. The number of hydrogen-bond acceptors (Lipinski definition) is 2. The number of rotatable bonds is 2. The highest BCUT2D eigenvalue weighted by Gasteiger charge is 2.22. The van der Waals surface area contributed by atoms with Gasteiger partial charge in [0.2, 0.25) is 5.91 Å². The second-order valence-corrected chi connectivity index (χ2v) is 2.73. The van der Waals surface area contributed by atoms with E-state index in [1.807, 2.05) is 0 Å². The number of halogens is 1. The van der Waals surface area contributed by atoms with E-state index < -0.39 is 0 Å². The lowest BCUT2D eigenvalue weighted by Gasteiger charge is -2.03. The summed E-state index contributed by atoms with van der Waals surface area (Å²) in [5.41, 5.74) is 0. The molecule has 0 saturated carbocycles. The van der Waals surface area contributed by atoms with Gasteiger partial charge in [-0.25, -0.2) is 0 Å². The largest absolute Gasteiger partial charge is 0.355 e. The molecule has 1 saturated heterocycles. The zero-order valence-electron chi connectivity index (χ0n) is 4.98. The van der Waals surface area contributed by atoms with E-state index in [0.29, 0.717) is 0 Å². The first-order valence-corrected chi connectivity index (χ1v) is 4.44. The van der Waals surface area contributed by atoms with Crippen LogP contribution >= 0.6 is 22.6 Å². The normalized spacial score (nSPS) is 26.3. The van der Waals surface area contributed by atoms with Crippen molar-refractivity contribution < 1.29 is 4.79 Å². The summed E-state index contributed by atoms with van der Waals surface area (Å²) in [5.74, 6) is 0.145. The second kappa shape index (κ2) is 3.36. The first-order chi connectivity index (χ1) is 4.34. The van der Waals surface area contributed by atoms with E-state index in [2.05, 4.69) is 33.2 Å². The van der Waals surface area contributed by atoms with Gasteiger partial charge in [-0.2, -0.15) is 0 Å². The molecule has 0 spiro atoms. The van der Waals surface area contributed by atoms with E-state index in [1.54, 1.807) is 0 Å². The van der Waals surface area contributed by atoms with Crippen LogP contribution in [0.1, 0.15) is 6.42 Å². The van der Waals surface area contributed by atoms with E-state index in [9.17, 15) is 4.79 Å². The Labute approximate surface area is 67.7 Å². The summed E-state index contributed by atoms with van der Waals surface area (Å²) < 4.78 is 0.843. The van der Waals surface area contributed by atoms with Crippen molar-refractivity contribution in [1.29, 1.82) is 0 Å². The average Bonchev–Trinajstić information content (AvgIpc) is 2.18. The maximum atomic E-state index is 10.8. The van der Waals surface area contributed by atoms with Crippen LogP contribution in [0.3, 0.4) is 0 Å². The highest BCUT2D eigenvalue weighted by Crippen LogP contribution is 1.98. The van der Waals surface area contributed by atoms with Gasteiger partial charge in [-0.1, -0.05) is 22.6 Å². The van der Waals surface area contributed by atoms with Crippen LogP contribution in [-0.4, -0.2) is 23.0 Å². The van der Waals surface area contributed by atoms with Gasteiger partial charge >= 0.3 is 0 Å². The molecule has 1 rings (SSSR count). The van der Waals surface area contributed by atoms with Crippen molar-refractivity contribution >= 4 is 28.5 Å². The minimum Gasteiger partial charge on any atom is -0.355 e. The van der Waals surface area contributed by atoms with Crippen LogP contribution in [-0.2, 0) is 4.79 Å². The Bertz CT molecular complexity index is 118. The number of amides is 1. The fraction of sp³-hybridized carbons (Fsp3) is 0.800. The molecule has 2 N–H and O–H groups in total. The highest BCUT2D eigenvalue weighted by atomic mass is 127. The van der Waals surface area contributed by atoms with Crippen LogP contribution in [0.4, 0.5) is 0 Å². The number of carbonyl (C=O) groups excluding carboxylic acids is 1. The lowest BCUT2D eigenvalue weighted by atomic mass is 10.3. The van der Waals surface area contributed by atoms with Crippen LogP contribution in [0.5, 0.6) is 0 Å². The monoisotopic (exact) mass is 240 g/mol. The second-order valence-electron chi connectivity index (χ2n) is 1.97. The lowest BCUT2D eigenvalue weighted by molar-refractivity contribution is -0.120. The molecule has 1 aliphatic heterocycles. The fourth-order valence-corrected chi connectivity index (χ4v) is 1.41. The first kappa shape index (κ1) is 7.27. The van der Waals surface area contributed by atoms with E-state index in [4.69, 9.17) is 0 Å². The third-order valence-corrected chi connectivity index (χ3v) is 1.81. The molecule has 1 atom stereocenters. The molecule has 0 aromatic carbocycles. The van der Waals surface area contributed by atoms with E-state index >= 15 is 0 Å². The number of carbonyl (C=O) groups is 1. The van der Waals surface area contributed by atoms with Gasteiger partial charge in [-0.3, -0.25) is 10.1 Å². The minimum absolute atomic E-state index is 0.0712. The molecule has 0 aliphatic carbocycles. The van der Waals surface area contributed by atoms with Gasteiger partial charge in [0.15, 0.2) is 0 Å². The van der Waals surface area contributed by atoms with Gasteiger partial charge in [0.05, 0.1) is 6.04 Å². The Morgan fingerprint density at radius 3 is 3.11 bits per heavy atom. The van der Waals surface area contributed by atoms with Gasteiger partial charge in [-0.15, -0.1) is 0 Å². The summed E-state index contributed by atoms with van der Waals surface area (Å²) in [7, 11) is 0. The maximum absolute atomic E-state index is 10.8. The van der Waals surface area contributed by atoms with Crippen molar-refractivity contribution in [3.63, 3.8) is 0 Å². The molecule has 0 aromatic heterocycles. The highest BCUT2D eigenvalue weighted by molar-refractivity contribution is 14.1. The van der Waals surface area contributed by atoms with Crippen molar-refractivity contribution in [3.05, 3.63) is 0 Å². The van der Waals surface area contributed by atoms with E-state index in [1.165, 1.54) is 0 Å². The number of nitrogens with one attached hydrogen (secondary N) is 2. The molecule has 0 aromatic rings. The Hall–Kier alpha value is 0.160. The van der Waals surface area contributed by atoms with Crippen LogP contribution in [0.25, 0.3) is 0 Å². The summed E-state index contributed by atoms with van der Waals surface area (Å²) >= 11 is 2.20. The van der Waals surface area contributed by atoms with Crippen LogP contribution < -0.4 is 10.6 Å². The zero-order chi connectivity index (χ0) is 6.69. The summed E-state index contributed by atoms with van der Waals surface area (Å²) in [6.45, 7) is 0.827. The molecule has 0 bridgehead atoms. The van der Waals surface area contributed by atoms with Crippen LogP contribution in [0.15, 0.2) is 0 Å². The molecular formula is C5H9IN2O. The Kier molecular flexibility index (Phi) is 2.71. The van der Waals surface area contributed by atoms with Gasteiger partial charge in [0.25, 0.3) is 0 Å². The quantitative estimate of drug-likeness (QED) is 0.400. The predicted octanol–water partition coefficient (Wildman–Crippen LogP) is -0.143. The zero-order valence-corrected chi connectivity index (χ0v) is 7.14. The van der Waals surface area contributed by atoms with Crippen molar-refractivity contribution in [2.75, 3.05) is 11.1 Å². The SMILES string of the molecule is O=C1NCCC1NCI. The molecule has 1 fully saturated rings. The van der Waals surface area contributed by atoms with E-state index in [-0.39, 0.29) is 11.9 Å². The van der Waals surface area contributed by atoms with Crippen molar-refractivity contribution in [1.82, 2.24) is 10.6 Å². The topological polar surface area (TPSA) is 41.1 Å². The van der Waals surface area contributed by atoms with Crippen molar-refractivity contribution in [2.45, 2.75) is 12.5 Å². The maximum Gasteiger partial charge on any atom is 0.237 e. The molecule has 4 heteroatoms. The lowest BCUT2D eigenvalue weighted by Crippen LogP contribution is -2.35. The Morgan fingerprint density at radius 1 is 1.89 bits per heavy atom. The van der Waals surface area contributed by atoms with E-state index in [0.717, 1.165) is 17.5 Å². The molecule has 3 nitrogen and oxygen atoms in total. The van der Waals surface area contributed by atoms with Crippen molar-refractivity contribution in [2.24, 2.45) is 0 Å². The first-order valence-electron chi connectivity index (χ1n) is 2.91. The molecule has 52 valence electrons.